The molecule has 3 aliphatic heterocycles. The molecule has 3 aromatic rings. The third-order valence-corrected chi connectivity index (χ3v) is 7.08. The van der Waals surface area contributed by atoms with Crippen molar-refractivity contribution in [3.05, 3.63) is 47.9 Å². The molecule has 166 valence electrons. The van der Waals surface area contributed by atoms with E-state index in [0.29, 0.717) is 6.61 Å². The van der Waals surface area contributed by atoms with Crippen molar-refractivity contribution < 1.29 is 14.3 Å². The van der Waals surface area contributed by atoms with Crippen molar-refractivity contribution in [2.75, 3.05) is 24.7 Å². The van der Waals surface area contributed by atoms with Gasteiger partial charge < -0.3 is 24.3 Å². The summed E-state index contributed by atoms with van der Waals surface area (Å²) in [6.07, 6.45) is 7.07. The summed E-state index contributed by atoms with van der Waals surface area (Å²) in [5, 5.41) is 1.01. The number of fused-ring (bicyclic) bond motifs is 3. The SMILES string of the molecule is CCOC(=O)N1CCC[C@@H]2[C@H]1CC(c1ccc3c(c1)CCO3)N2c1ncnc2[nH]ccc12. The highest BCUT2D eigenvalue weighted by Gasteiger charge is 2.49. The lowest BCUT2D eigenvalue weighted by molar-refractivity contribution is 0.0755. The first-order chi connectivity index (χ1) is 15.7. The number of ether oxygens (including phenoxy) is 2. The number of nitrogens with zero attached hydrogens (tertiary/aromatic N) is 4. The largest absolute Gasteiger partial charge is 0.493 e. The molecule has 0 spiro atoms. The number of aromatic amines is 1. The number of aromatic nitrogens is 3. The van der Waals surface area contributed by atoms with Gasteiger partial charge in [0.15, 0.2) is 0 Å². The predicted octanol–water partition coefficient (Wildman–Crippen LogP) is 3.83. The van der Waals surface area contributed by atoms with Gasteiger partial charge in [0.25, 0.3) is 0 Å². The summed E-state index contributed by atoms with van der Waals surface area (Å²) < 4.78 is 11.1. The standard InChI is InChI=1S/C24H27N5O3/c1-2-31-24(30)28-10-3-4-18-20(28)13-19(15-5-6-21-16(12-15)8-11-32-21)29(18)23-17-7-9-25-22(17)26-14-27-23/h5-7,9,12,14,18-20H,2-4,8,10-11,13H2,1H3,(H,25,26,27)/t18-,19?,20-/m1/s1. The number of likely N-dealkylation sites (tertiary alicyclic amines) is 1. The van der Waals surface area contributed by atoms with Crippen molar-refractivity contribution in [3.8, 4) is 5.75 Å². The van der Waals surface area contributed by atoms with E-state index >= 15 is 0 Å². The topological polar surface area (TPSA) is 83.6 Å². The highest BCUT2D eigenvalue weighted by atomic mass is 16.6. The van der Waals surface area contributed by atoms with Crippen LogP contribution in [0.25, 0.3) is 11.0 Å². The summed E-state index contributed by atoms with van der Waals surface area (Å²) in [6, 6.07) is 8.95. The second-order valence-corrected chi connectivity index (χ2v) is 8.73. The molecule has 1 unspecified atom stereocenters. The maximum absolute atomic E-state index is 12.8. The summed E-state index contributed by atoms with van der Waals surface area (Å²) in [5.74, 6) is 1.91. The summed E-state index contributed by atoms with van der Waals surface area (Å²) in [4.78, 5) is 29.5. The zero-order valence-electron chi connectivity index (χ0n) is 18.2. The number of carbonyl (C=O) groups is 1. The van der Waals surface area contributed by atoms with Crippen LogP contribution in [0.2, 0.25) is 0 Å². The van der Waals surface area contributed by atoms with Crippen molar-refractivity contribution in [2.45, 2.75) is 50.7 Å². The van der Waals surface area contributed by atoms with Gasteiger partial charge in [-0.1, -0.05) is 6.07 Å². The van der Waals surface area contributed by atoms with Gasteiger partial charge in [0.05, 0.1) is 36.7 Å². The number of amides is 1. The summed E-state index contributed by atoms with van der Waals surface area (Å²) >= 11 is 0. The summed E-state index contributed by atoms with van der Waals surface area (Å²) in [6.45, 7) is 3.73. The minimum atomic E-state index is -0.209. The number of hydrogen-bond acceptors (Lipinski definition) is 6. The minimum absolute atomic E-state index is 0.0845. The normalized spacial score (nSPS) is 24.3. The third kappa shape index (κ3) is 3.00. The molecule has 1 N–H and O–H groups in total. The molecule has 0 bridgehead atoms. The Morgan fingerprint density at radius 3 is 3.12 bits per heavy atom. The Balaban J connectivity index is 1.45. The third-order valence-electron chi connectivity index (χ3n) is 7.08. The molecule has 6 rings (SSSR count). The Hall–Kier alpha value is -3.29. The van der Waals surface area contributed by atoms with E-state index in [-0.39, 0.29) is 24.2 Å². The van der Waals surface area contributed by atoms with E-state index in [4.69, 9.17) is 14.5 Å². The first-order valence-electron chi connectivity index (χ1n) is 11.5. The molecule has 3 aliphatic rings. The molecule has 8 heteroatoms. The zero-order chi connectivity index (χ0) is 21.7. The highest BCUT2D eigenvalue weighted by Crippen LogP contribution is 2.47. The van der Waals surface area contributed by atoms with Crippen LogP contribution in [0, 0.1) is 0 Å². The zero-order valence-corrected chi connectivity index (χ0v) is 18.2. The van der Waals surface area contributed by atoms with Gasteiger partial charge in [-0.2, -0.15) is 0 Å². The van der Waals surface area contributed by atoms with Gasteiger partial charge in [-0.3, -0.25) is 0 Å². The van der Waals surface area contributed by atoms with E-state index in [1.165, 1.54) is 11.1 Å². The van der Waals surface area contributed by atoms with Gasteiger partial charge in [-0.25, -0.2) is 14.8 Å². The first-order valence-corrected chi connectivity index (χ1v) is 11.5. The van der Waals surface area contributed by atoms with Crippen LogP contribution in [0.4, 0.5) is 10.6 Å². The van der Waals surface area contributed by atoms with Gasteiger partial charge in [0, 0.05) is 19.2 Å². The molecule has 0 radical (unpaired) electrons. The number of H-pyrrole nitrogens is 1. The van der Waals surface area contributed by atoms with Crippen molar-refractivity contribution >= 4 is 22.9 Å². The molecule has 32 heavy (non-hydrogen) atoms. The first kappa shape index (κ1) is 19.4. The fourth-order valence-electron chi connectivity index (χ4n) is 5.73. The minimum Gasteiger partial charge on any atom is -0.493 e. The Bertz CT molecular complexity index is 1160. The van der Waals surface area contributed by atoms with Crippen LogP contribution in [0.15, 0.2) is 36.8 Å². The van der Waals surface area contributed by atoms with Gasteiger partial charge in [0.1, 0.15) is 23.5 Å². The fourth-order valence-corrected chi connectivity index (χ4v) is 5.73. The van der Waals surface area contributed by atoms with Crippen LogP contribution in [-0.4, -0.2) is 57.8 Å². The van der Waals surface area contributed by atoms with Crippen molar-refractivity contribution in [1.82, 2.24) is 19.9 Å². The van der Waals surface area contributed by atoms with Crippen molar-refractivity contribution in [1.29, 1.82) is 0 Å². The Kier molecular flexibility index (Phi) is 4.66. The number of piperidine rings is 1. The quantitative estimate of drug-likeness (QED) is 0.676. The molecule has 0 aliphatic carbocycles. The van der Waals surface area contributed by atoms with E-state index in [2.05, 4.69) is 33.1 Å². The fraction of sp³-hybridized carbons (Fsp3) is 0.458. The average Bonchev–Trinajstić information content (AvgIpc) is 3.55. The molecule has 0 saturated carbocycles. The predicted molar refractivity (Wildman–Crippen MR) is 120 cm³/mol. The summed E-state index contributed by atoms with van der Waals surface area (Å²) in [5.41, 5.74) is 3.33. The molecular formula is C24H27N5O3. The summed E-state index contributed by atoms with van der Waals surface area (Å²) in [7, 11) is 0. The van der Waals surface area contributed by atoms with Crippen LogP contribution < -0.4 is 9.64 Å². The van der Waals surface area contributed by atoms with Crippen LogP contribution in [-0.2, 0) is 11.2 Å². The lowest BCUT2D eigenvalue weighted by Gasteiger charge is -2.40. The molecule has 8 nitrogen and oxygen atoms in total. The van der Waals surface area contributed by atoms with Gasteiger partial charge >= 0.3 is 6.09 Å². The van der Waals surface area contributed by atoms with E-state index in [0.717, 1.165) is 61.4 Å². The van der Waals surface area contributed by atoms with Crippen LogP contribution >= 0.6 is 0 Å². The van der Waals surface area contributed by atoms with Gasteiger partial charge in [-0.15, -0.1) is 0 Å². The highest BCUT2D eigenvalue weighted by molar-refractivity contribution is 5.88. The van der Waals surface area contributed by atoms with E-state index in [9.17, 15) is 4.79 Å². The number of anilines is 1. The van der Waals surface area contributed by atoms with Crippen molar-refractivity contribution in [3.63, 3.8) is 0 Å². The lowest BCUT2D eigenvalue weighted by atomic mass is 9.95. The van der Waals surface area contributed by atoms with E-state index < -0.39 is 0 Å². The number of rotatable bonds is 3. The molecule has 2 saturated heterocycles. The van der Waals surface area contributed by atoms with Crippen LogP contribution in [0.1, 0.15) is 43.4 Å². The molecule has 2 aromatic heterocycles. The van der Waals surface area contributed by atoms with Crippen molar-refractivity contribution in [2.24, 2.45) is 0 Å². The number of nitrogens with one attached hydrogen (secondary N) is 1. The van der Waals surface area contributed by atoms with Crippen LogP contribution in [0.5, 0.6) is 5.75 Å². The molecule has 5 heterocycles. The van der Waals surface area contributed by atoms with E-state index in [1.807, 2.05) is 24.1 Å². The molecule has 3 atom stereocenters. The molecule has 2 fully saturated rings. The second kappa shape index (κ2) is 7.69. The Morgan fingerprint density at radius 1 is 1.28 bits per heavy atom. The smallest absolute Gasteiger partial charge is 0.410 e. The average molecular weight is 434 g/mol. The number of carbonyl (C=O) groups excluding carboxylic acids is 1. The Labute approximate surface area is 186 Å². The van der Waals surface area contributed by atoms with Gasteiger partial charge in [-0.05, 0) is 55.5 Å². The number of hydrogen-bond donors (Lipinski definition) is 1. The number of benzene rings is 1. The lowest BCUT2D eigenvalue weighted by Crippen LogP contribution is -2.52. The second-order valence-electron chi connectivity index (χ2n) is 8.73. The maximum atomic E-state index is 12.8. The molecular weight excluding hydrogens is 406 g/mol. The maximum Gasteiger partial charge on any atom is 0.410 e. The van der Waals surface area contributed by atoms with Crippen LogP contribution in [0.3, 0.4) is 0 Å². The van der Waals surface area contributed by atoms with E-state index in [1.54, 1.807) is 6.33 Å². The Morgan fingerprint density at radius 2 is 2.22 bits per heavy atom. The molecule has 1 amide bonds. The van der Waals surface area contributed by atoms with Gasteiger partial charge in [0.2, 0.25) is 0 Å². The monoisotopic (exact) mass is 433 g/mol. The molecule has 1 aromatic carbocycles.